The van der Waals surface area contributed by atoms with E-state index in [-0.39, 0.29) is 5.97 Å². The van der Waals surface area contributed by atoms with E-state index in [0.29, 0.717) is 23.9 Å². The predicted molar refractivity (Wildman–Crippen MR) is 61.0 cm³/mol. The number of hydrogen-bond donors (Lipinski definition) is 1. The molecule has 86 valence electrons. The summed E-state index contributed by atoms with van der Waals surface area (Å²) in [4.78, 5) is 11.5. The number of ether oxygens (including phenoxy) is 2. The Bertz CT molecular complexity index is 408. The molecule has 1 atom stereocenters. The number of carbonyl (C=O) groups excluding carboxylic acids is 1. The number of hydrogen-bond acceptors (Lipinski definition) is 4. The molecule has 0 saturated heterocycles. The van der Waals surface area contributed by atoms with Crippen molar-refractivity contribution < 1.29 is 14.3 Å². The van der Waals surface area contributed by atoms with Crippen molar-refractivity contribution in [2.75, 3.05) is 18.5 Å². The van der Waals surface area contributed by atoms with Crippen molar-refractivity contribution in [3.8, 4) is 5.75 Å². The van der Waals surface area contributed by atoms with Crippen molar-refractivity contribution in [2.24, 2.45) is 0 Å². The summed E-state index contributed by atoms with van der Waals surface area (Å²) >= 11 is 5.97. The highest BCUT2D eigenvalue weighted by Gasteiger charge is 2.28. The van der Waals surface area contributed by atoms with Crippen LogP contribution in [-0.2, 0) is 9.53 Å². The highest BCUT2D eigenvalue weighted by Crippen LogP contribution is 2.36. The molecule has 0 aromatic heterocycles. The second kappa shape index (κ2) is 4.61. The molecule has 0 radical (unpaired) electrons. The summed E-state index contributed by atoms with van der Waals surface area (Å²) in [7, 11) is 0. The molecular formula is C11H12ClNO3. The molecule has 4 nitrogen and oxygen atoms in total. The van der Waals surface area contributed by atoms with E-state index in [2.05, 4.69) is 5.32 Å². The van der Waals surface area contributed by atoms with Crippen LogP contribution < -0.4 is 10.1 Å². The number of rotatable bonds is 2. The first-order valence-corrected chi connectivity index (χ1v) is 5.46. The van der Waals surface area contributed by atoms with Gasteiger partial charge >= 0.3 is 5.97 Å². The number of para-hydroxylation sites is 1. The first-order valence-electron chi connectivity index (χ1n) is 5.08. The summed E-state index contributed by atoms with van der Waals surface area (Å²) in [5.41, 5.74) is 0.799. The van der Waals surface area contributed by atoms with E-state index >= 15 is 0 Å². The third-order valence-corrected chi connectivity index (χ3v) is 2.55. The fourth-order valence-corrected chi connectivity index (χ4v) is 1.74. The molecule has 0 aliphatic carbocycles. The number of fused-ring (bicyclic) bond motifs is 1. The normalized spacial score (nSPS) is 18.0. The first kappa shape index (κ1) is 11.1. The molecule has 1 aliphatic heterocycles. The lowest BCUT2D eigenvalue weighted by Gasteiger charge is -2.26. The van der Waals surface area contributed by atoms with Crippen LogP contribution in [-0.4, -0.2) is 25.2 Å². The van der Waals surface area contributed by atoms with Gasteiger partial charge < -0.3 is 14.8 Å². The molecule has 1 aliphatic rings. The van der Waals surface area contributed by atoms with E-state index in [1.165, 1.54) is 0 Å². The number of halogens is 1. The molecule has 0 saturated carbocycles. The third-order valence-electron chi connectivity index (χ3n) is 2.25. The summed E-state index contributed by atoms with van der Waals surface area (Å²) in [5, 5.41) is 3.57. The van der Waals surface area contributed by atoms with E-state index in [1.54, 1.807) is 13.0 Å². The summed E-state index contributed by atoms with van der Waals surface area (Å²) in [6.45, 7) is 2.50. The van der Waals surface area contributed by atoms with Crippen LogP contribution in [0.15, 0.2) is 18.2 Å². The van der Waals surface area contributed by atoms with Gasteiger partial charge in [-0.25, -0.2) is 4.79 Å². The minimum Gasteiger partial charge on any atom is -0.473 e. The van der Waals surface area contributed by atoms with Gasteiger partial charge in [-0.05, 0) is 19.1 Å². The number of anilines is 1. The predicted octanol–water partition coefficient (Wildman–Crippen LogP) is 2.08. The molecular weight excluding hydrogens is 230 g/mol. The van der Waals surface area contributed by atoms with E-state index in [4.69, 9.17) is 21.1 Å². The highest BCUT2D eigenvalue weighted by atomic mass is 35.5. The fraction of sp³-hybridized carbons (Fsp3) is 0.364. The highest BCUT2D eigenvalue weighted by molar-refractivity contribution is 6.32. The molecule has 0 unspecified atom stereocenters. The Morgan fingerprint density at radius 1 is 1.69 bits per heavy atom. The van der Waals surface area contributed by atoms with Crippen molar-refractivity contribution in [2.45, 2.75) is 13.0 Å². The maximum Gasteiger partial charge on any atom is 0.349 e. The Balaban J connectivity index is 2.17. The van der Waals surface area contributed by atoms with Crippen LogP contribution in [0.4, 0.5) is 5.69 Å². The van der Waals surface area contributed by atoms with Crippen molar-refractivity contribution in [3.63, 3.8) is 0 Å². The lowest BCUT2D eigenvalue weighted by Crippen LogP contribution is -2.39. The van der Waals surface area contributed by atoms with Gasteiger partial charge in [0.2, 0.25) is 6.10 Å². The van der Waals surface area contributed by atoms with Gasteiger partial charge in [-0.2, -0.15) is 0 Å². The Hall–Kier alpha value is -1.42. The topological polar surface area (TPSA) is 47.6 Å². The van der Waals surface area contributed by atoms with Crippen molar-refractivity contribution >= 4 is 23.3 Å². The maximum absolute atomic E-state index is 11.5. The number of carbonyl (C=O) groups is 1. The largest absolute Gasteiger partial charge is 0.473 e. The fourth-order valence-electron chi connectivity index (χ4n) is 1.52. The van der Waals surface area contributed by atoms with E-state index in [0.717, 1.165) is 5.69 Å². The van der Waals surface area contributed by atoms with E-state index in [9.17, 15) is 4.79 Å². The zero-order valence-electron chi connectivity index (χ0n) is 8.83. The molecule has 1 aromatic rings. The van der Waals surface area contributed by atoms with Crippen LogP contribution in [0.3, 0.4) is 0 Å². The van der Waals surface area contributed by atoms with Crippen molar-refractivity contribution in [3.05, 3.63) is 23.2 Å². The van der Waals surface area contributed by atoms with Gasteiger partial charge in [0.15, 0.2) is 5.75 Å². The summed E-state index contributed by atoms with van der Waals surface area (Å²) in [5.74, 6) is 0.133. The number of esters is 1. The minimum atomic E-state index is -0.632. The first-order chi connectivity index (χ1) is 7.72. The van der Waals surface area contributed by atoms with E-state index in [1.807, 2.05) is 12.1 Å². The monoisotopic (exact) mass is 241 g/mol. The standard InChI is InChI=1S/C11H12ClNO3/c1-2-15-11(14)9-6-13-8-5-3-4-7(12)10(8)16-9/h3-5,9,13H,2,6H2,1H3/t9-/m1/s1. The molecule has 0 amide bonds. The van der Waals surface area contributed by atoms with Crippen LogP contribution in [0.2, 0.25) is 5.02 Å². The number of nitrogens with one attached hydrogen (secondary N) is 1. The molecule has 5 heteroatoms. The molecule has 1 heterocycles. The van der Waals surface area contributed by atoms with Gasteiger partial charge in [0.1, 0.15) is 0 Å². The van der Waals surface area contributed by atoms with E-state index < -0.39 is 6.10 Å². The van der Waals surface area contributed by atoms with Gasteiger partial charge in [0.05, 0.1) is 23.9 Å². The zero-order valence-corrected chi connectivity index (χ0v) is 9.58. The van der Waals surface area contributed by atoms with Gasteiger partial charge in [-0.1, -0.05) is 17.7 Å². The molecule has 0 fully saturated rings. The summed E-state index contributed by atoms with van der Waals surface area (Å²) in [6, 6.07) is 5.39. The SMILES string of the molecule is CCOC(=O)[C@H]1CNc2cccc(Cl)c2O1. The molecule has 2 rings (SSSR count). The second-order valence-electron chi connectivity index (χ2n) is 3.36. The van der Waals surface area contributed by atoms with Gasteiger partial charge in [0.25, 0.3) is 0 Å². The lowest BCUT2D eigenvalue weighted by atomic mass is 10.2. The quantitative estimate of drug-likeness (QED) is 0.806. The average molecular weight is 242 g/mol. The number of benzene rings is 1. The molecule has 0 bridgehead atoms. The summed E-state index contributed by atoms with van der Waals surface area (Å²) < 4.78 is 10.4. The van der Waals surface area contributed by atoms with Crippen molar-refractivity contribution in [1.82, 2.24) is 0 Å². The summed E-state index contributed by atoms with van der Waals surface area (Å²) in [6.07, 6.45) is -0.632. The second-order valence-corrected chi connectivity index (χ2v) is 3.76. The van der Waals surface area contributed by atoms with Crippen LogP contribution in [0.5, 0.6) is 5.75 Å². The molecule has 16 heavy (non-hydrogen) atoms. The van der Waals surface area contributed by atoms with Crippen LogP contribution in [0, 0.1) is 0 Å². The van der Waals surface area contributed by atoms with Gasteiger partial charge in [-0.3, -0.25) is 0 Å². The smallest absolute Gasteiger partial charge is 0.349 e. The van der Waals surface area contributed by atoms with Crippen LogP contribution in [0.25, 0.3) is 0 Å². The minimum absolute atomic E-state index is 0.341. The zero-order chi connectivity index (χ0) is 11.5. The third kappa shape index (κ3) is 2.07. The Morgan fingerprint density at radius 3 is 3.25 bits per heavy atom. The Labute approximate surface area is 98.5 Å². The average Bonchev–Trinajstić information content (AvgIpc) is 2.29. The van der Waals surface area contributed by atoms with Gasteiger partial charge in [0, 0.05) is 0 Å². The molecule has 0 spiro atoms. The van der Waals surface area contributed by atoms with Gasteiger partial charge in [-0.15, -0.1) is 0 Å². The molecule has 1 aromatic carbocycles. The van der Waals surface area contributed by atoms with Crippen LogP contribution in [0.1, 0.15) is 6.92 Å². The Kier molecular flexibility index (Phi) is 3.19. The Morgan fingerprint density at radius 2 is 2.50 bits per heavy atom. The maximum atomic E-state index is 11.5. The lowest BCUT2D eigenvalue weighted by molar-refractivity contribution is -0.150. The van der Waals surface area contributed by atoms with Crippen molar-refractivity contribution in [1.29, 1.82) is 0 Å². The molecule has 1 N–H and O–H groups in total. The van der Waals surface area contributed by atoms with Crippen LogP contribution >= 0.6 is 11.6 Å².